The Morgan fingerprint density at radius 3 is 1.63 bits per heavy atom. The average molecular weight is 390 g/mol. The number of halogens is 6. The highest BCUT2D eigenvalue weighted by Crippen LogP contribution is 2.56. The van der Waals surface area contributed by atoms with Crippen molar-refractivity contribution in [2.45, 2.75) is 17.8 Å². The Hall–Kier alpha value is -2.97. The predicted octanol–water partition coefficient (Wildman–Crippen LogP) is 4.89. The molecule has 144 valence electrons. The van der Waals surface area contributed by atoms with E-state index in [1.165, 1.54) is 0 Å². The molecule has 0 radical (unpaired) electrons. The van der Waals surface area contributed by atoms with Crippen LogP contribution in [0.3, 0.4) is 0 Å². The molecule has 2 aromatic carbocycles. The minimum atomic E-state index is -5.75. The van der Waals surface area contributed by atoms with Gasteiger partial charge in [-0.1, -0.05) is 30.8 Å². The highest BCUT2D eigenvalue weighted by molar-refractivity contribution is 5.83. The van der Waals surface area contributed by atoms with E-state index in [2.05, 4.69) is 11.3 Å². The molecule has 0 aliphatic rings. The van der Waals surface area contributed by atoms with Crippen LogP contribution in [0.5, 0.6) is 11.5 Å². The first-order valence-electron chi connectivity index (χ1n) is 7.31. The summed E-state index contributed by atoms with van der Waals surface area (Å²) in [6.07, 6.45) is -10.7. The molecule has 0 spiro atoms. The van der Waals surface area contributed by atoms with Crippen LogP contribution in [0.25, 0.3) is 0 Å². The van der Waals surface area contributed by atoms with Crippen molar-refractivity contribution in [3.8, 4) is 11.5 Å². The maximum absolute atomic E-state index is 13.8. The molecule has 2 rings (SSSR count). The molecule has 0 fully saturated rings. The number of rotatable bonds is 4. The number of phenols is 1. The van der Waals surface area contributed by atoms with Crippen LogP contribution in [0.4, 0.5) is 26.3 Å². The van der Waals surface area contributed by atoms with Gasteiger partial charge < -0.3 is 9.84 Å². The molecule has 0 unspecified atom stereocenters. The SMILES string of the molecule is C=CC(=O)Oc1ccc(C(c2ccc(O)cc2)(C(F)(F)F)C(F)(F)F)cc1. The van der Waals surface area contributed by atoms with E-state index in [0.29, 0.717) is 24.3 Å². The molecule has 3 nitrogen and oxygen atoms in total. The molecular weight excluding hydrogens is 378 g/mol. The van der Waals surface area contributed by atoms with Crippen LogP contribution in [0.15, 0.2) is 61.2 Å². The molecule has 2 aromatic rings. The van der Waals surface area contributed by atoms with Gasteiger partial charge in [0.05, 0.1) is 0 Å². The summed E-state index contributed by atoms with van der Waals surface area (Å²) < 4.78 is 87.6. The summed E-state index contributed by atoms with van der Waals surface area (Å²) in [5, 5.41) is 9.22. The second-order valence-electron chi connectivity index (χ2n) is 5.44. The highest BCUT2D eigenvalue weighted by atomic mass is 19.4. The number of hydrogen-bond acceptors (Lipinski definition) is 3. The molecule has 0 aromatic heterocycles. The van der Waals surface area contributed by atoms with Gasteiger partial charge in [-0.15, -0.1) is 0 Å². The minimum Gasteiger partial charge on any atom is -0.508 e. The summed E-state index contributed by atoms with van der Waals surface area (Å²) in [5.41, 5.74) is -6.57. The summed E-state index contributed by atoms with van der Waals surface area (Å²) in [4.78, 5) is 11.1. The van der Waals surface area contributed by atoms with Crippen LogP contribution in [0, 0.1) is 0 Å². The van der Waals surface area contributed by atoms with Crippen molar-refractivity contribution in [3.05, 3.63) is 72.3 Å². The Morgan fingerprint density at radius 2 is 1.26 bits per heavy atom. The van der Waals surface area contributed by atoms with Crippen molar-refractivity contribution < 1.29 is 41.0 Å². The Labute approximate surface area is 149 Å². The first-order valence-corrected chi connectivity index (χ1v) is 7.31. The van der Waals surface area contributed by atoms with Crippen LogP contribution in [-0.4, -0.2) is 23.4 Å². The van der Waals surface area contributed by atoms with Gasteiger partial charge in [0.15, 0.2) is 0 Å². The average Bonchev–Trinajstić information content (AvgIpc) is 2.56. The van der Waals surface area contributed by atoms with Gasteiger partial charge in [-0.25, -0.2) is 4.79 Å². The van der Waals surface area contributed by atoms with Crippen LogP contribution in [0.2, 0.25) is 0 Å². The molecule has 0 saturated carbocycles. The zero-order chi connectivity index (χ0) is 20.5. The Bertz CT molecular complexity index is 806. The van der Waals surface area contributed by atoms with Crippen LogP contribution >= 0.6 is 0 Å². The lowest BCUT2D eigenvalue weighted by atomic mass is 9.73. The van der Waals surface area contributed by atoms with E-state index in [9.17, 15) is 36.2 Å². The smallest absolute Gasteiger partial charge is 0.411 e. The van der Waals surface area contributed by atoms with Gasteiger partial charge in [0.2, 0.25) is 5.41 Å². The third kappa shape index (κ3) is 3.62. The topological polar surface area (TPSA) is 46.5 Å². The summed E-state index contributed by atoms with van der Waals surface area (Å²) in [7, 11) is 0. The Morgan fingerprint density at radius 1 is 0.852 bits per heavy atom. The fraction of sp³-hybridized carbons (Fsp3) is 0.167. The fourth-order valence-electron chi connectivity index (χ4n) is 2.62. The third-order valence-corrected chi connectivity index (χ3v) is 3.82. The van der Waals surface area contributed by atoms with E-state index in [-0.39, 0.29) is 5.75 Å². The first-order chi connectivity index (χ1) is 12.4. The summed E-state index contributed by atoms with van der Waals surface area (Å²) >= 11 is 0. The molecular formula is C18H12F6O3. The molecule has 27 heavy (non-hydrogen) atoms. The number of benzene rings is 2. The van der Waals surface area contributed by atoms with E-state index >= 15 is 0 Å². The van der Waals surface area contributed by atoms with Gasteiger partial charge in [-0.2, -0.15) is 26.3 Å². The van der Waals surface area contributed by atoms with Crippen LogP contribution in [0.1, 0.15) is 11.1 Å². The van der Waals surface area contributed by atoms with E-state index in [0.717, 1.165) is 30.3 Å². The molecule has 9 heteroatoms. The number of aromatic hydroxyl groups is 1. The largest absolute Gasteiger partial charge is 0.508 e. The molecule has 0 aliphatic heterocycles. The van der Waals surface area contributed by atoms with Crippen molar-refractivity contribution in [2.75, 3.05) is 0 Å². The van der Waals surface area contributed by atoms with Crippen LogP contribution < -0.4 is 4.74 Å². The van der Waals surface area contributed by atoms with Gasteiger partial charge in [0.1, 0.15) is 11.5 Å². The molecule has 0 heterocycles. The summed E-state index contributed by atoms with van der Waals surface area (Å²) in [6.45, 7) is 3.13. The van der Waals surface area contributed by atoms with Crippen molar-refractivity contribution in [1.29, 1.82) is 0 Å². The Kier molecular flexibility index (Phi) is 5.26. The summed E-state index contributed by atoms with van der Waals surface area (Å²) in [5.74, 6) is -1.64. The number of esters is 1. The zero-order valence-electron chi connectivity index (χ0n) is 13.4. The first kappa shape index (κ1) is 20.3. The molecule has 0 amide bonds. The maximum Gasteiger partial charge on any atom is 0.411 e. The van der Waals surface area contributed by atoms with E-state index < -0.39 is 40.6 Å². The second kappa shape index (κ2) is 6.98. The maximum atomic E-state index is 13.8. The highest BCUT2D eigenvalue weighted by Gasteiger charge is 2.72. The van der Waals surface area contributed by atoms with Crippen molar-refractivity contribution >= 4 is 5.97 Å². The van der Waals surface area contributed by atoms with Crippen molar-refractivity contribution in [1.82, 2.24) is 0 Å². The molecule has 0 atom stereocenters. The van der Waals surface area contributed by atoms with Gasteiger partial charge >= 0.3 is 18.3 Å². The van der Waals surface area contributed by atoms with Crippen molar-refractivity contribution in [3.63, 3.8) is 0 Å². The Balaban J connectivity index is 2.71. The quantitative estimate of drug-likeness (QED) is 0.350. The van der Waals surface area contributed by atoms with Gasteiger partial charge in [-0.3, -0.25) is 0 Å². The predicted molar refractivity (Wildman–Crippen MR) is 83.3 cm³/mol. The summed E-state index contributed by atoms with van der Waals surface area (Å²) in [6, 6.07) is 5.40. The number of hydrogen-bond donors (Lipinski definition) is 1. The monoisotopic (exact) mass is 390 g/mol. The lowest BCUT2D eigenvalue weighted by molar-refractivity contribution is -0.288. The van der Waals surface area contributed by atoms with Gasteiger partial charge in [0, 0.05) is 6.08 Å². The molecule has 1 N–H and O–H groups in total. The van der Waals surface area contributed by atoms with Crippen molar-refractivity contribution in [2.24, 2.45) is 0 Å². The molecule has 0 aliphatic carbocycles. The minimum absolute atomic E-state index is 0.243. The lowest BCUT2D eigenvalue weighted by Gasteiger charge is -2.38. The number of carbonyl (C=O) groups is 1. The van der Waals surface area contributed by atoms with E-state index in [1.807, 2.05) is 0 Å². The zero-order valence-corrected chi connectivity index (χ0v) is 13.4. The number of ether oxygens (including phenoxy) is 1. The standard InChI is InChI=1S/C18H12F6O3/c1-2-15(26)27-14-9-5-12(6-10-14)16(17(19,20)21,18(22,23)24)11-3-7-13(25)8-4-11/h2-10,25H,1H2. The molecule has 0 saturated heterocycles. The number of alkyl halides is 6. The lowest BCUT2D eigenvalue weighted by Crippen LogP contribution is -2.54. The number of carbonyl (C=O) groups excluding carboxylic acids is 1. The number of phenolic OH excluding ortho intramolecular Hbond substituents is 1. The van der Waals surface area contributed by atoms with Gasteiger partial charge in [-0.05, 0) is 35.4 Å². The normalized spacial score (nSPS) is 12.5. The molecule has 0 bridgehead atoms. The third-order valence-electron chi connectivity index (χ3n) is 3.82. The van der Waals surface area contributed by atoms with E-state index in [4.69, 9.17) is 0 Å². The van der Waals surface area contributed by atoms with E-state index in [1.54, 1.807) is 0 Å². The van der Waals surface area contributed by atoms with Crippen LogP contribution in [-0.2, 0) is 10.2 Å². The van der Waals surface area contributed by atoms with Gasteiger partial charge in [0.25, 0.3) is 0 Å². The fourth-order valence-corrected chi connectivity index (χ4v) is 2.62. The second-order valence-corrected chi connectivity index (χ2v) is 5.44.